The lowest BCUT2D eigenvalue weighted by Crippen LogP contribution is -2.32. The maximum Gasteiger partial charge on any atom is 0.327 e. The lowest BCUT2D eigenvalue weighted by Gasteiger charge is -2.13. The lowest BCUT2D eigenvalue weighted by molar-refractivity contribution is 0.0663. The van der Waals surface area contributed by atoms with E-state index in [2.05, 4.69) is 0 Å². The highest BCUT2D eigenvalue weighted by atomic mass is 31.2. The van der Waals surface area contributed by atoms with E-state index in [1.165, 1.54) is 12.1 Å². The second-order valence-corrected chi connectivity index (χ2v) is 5.47. The monoisotopic (exact) mass is 255 g/mol. The molecule has 1 aromatic rings. The Balaban J connectivity index is 2.22. The third kappa shape index (κ3) is 2.29. The molecule has 1 heterocycles. The molecule has 0 spiro atoms. The number of rotatable bonds is 3. The van der Waals surface area contributed by atoms with Gasteiger partial charge in [-0.05, 0) is 12.1 Å². The Labute approximate surface area is 97.0 Å². The van der Waals surface area contributed by atoms with Crippen molar-refractivity contribution in [2.75, 3.05) is 12.7 Å². The van der Waals surface area contributed by atoms with E-state index in [1.807, 2.05) is 0 Å². The van der Waals surface area contributed by atoms with Crippen molar-refractivity contribution in [3.05, 3.63) is 35.4 Å². The van der Waals surface area contributed by atoms with Crippen LogP contribution < -0.4 is 0 Å². The summed E-state index contributed by atoms with van der Waals surface area (Å²) in [6.45, 7) is -0.267. The average molecular weight is 255 g/mol. The van der Waals surface area contributed by atoms with E-state index in [4.69, 9.17) is 9.79 Å². The van der Waals surface area contributed by atoms with Gasteiger partial charge in [0.05, 0.1) is 17.3 Å². The van der Waals surface area contributed by atoms with Gasteiger partial charge in [0.1, 0.15) is 0 Å². The zero-order valence-corrected chi connectivity index (χ0v) is 9.63. The van der Waals surface area contributed by atoms with Gasteiger partial charge in [0.2, 0.25) is 0 Å². The Bertz CT molecular complexity index is 500. The molecule has 6 nitrogen and oxygen atoms in total. The van der Waals surface area contributed by atoms with Gasteiger partial charge in [0, 0.05) is 6.54 Å². The molecule has 0 fully saturated rings. The van der Waals surface area contributed by atoms with Gasteiger partial charge in [-0.1, -0.05) is 12.1 Å². The number of amides is 2. The van der Waals surface area contributed by atoms with Gasteiger partial charge in [-0.3, -0.25) is 19.1 Å². The highest BCUT2D eigenvalue weighted by Gasteiger charge is 2.35. The number of benzene rings is 1. The average Bonchev–Trinajstić information content (AvgIpc) is 2.49. The van der Waals surface area contributed by atoms with Crippen LogP contribution in [0.15, 0.2) is 24.3 Å². The summed E-state index contributed by atoms with van der Waals surface area (Å²) in [5, 5.41) is 0. The second kappa shape index (κ2) is 4.07. The van der Waals surface area contributed by atoms with Crippen molar-refractivity contribution in [3.63, 3.8) is 0 Å². The maximum absolute atomic E-state index is 11.8. The van der Waals surface area contributed by atoms with E-state index in [-0.39, 0.29) is 17.7 Å². The summed E-state index contributed by atoms with van der Waals surface area (Å²) in [5.74, 6) is -1.00. The Morgan fingerprint density at radius 1 is 1.06 bits per heavy atom. The molecule has 1 aromatic carbocycles. The molecule has 0 unspecified atom stereocenters. The fourth-order valence-corrected chi connectivity index (χ4v) is 2.13. The van der Waals surface area contributed by atoms with E-state index in [0.29, 0.717) is 0 Å². The number of carbonyl (C=O) groups is 2. The summed E-state index contributed by atoms with van der Waals surface area (Å²) in [5.41, 5.74) is 0.562. The van der Waals surface area contributed by atoms with E-state index in [1.54, 1.807) is 12.1 Å². The first-order valence-corrected chi connectivity index (χ1v) is 6.70. The molecule has 0 atom stereocenters. The van der Waals surface area contributed by atoms with Crippen molar-refractivity contribution in [2.45, 2.75) is 0 Å². The van der Waals surface area contributed by atoms with Gasteiger partial charge in [0.15, 0.2) is 0 Å². The van der Waals surface area contributed by atoms with Gasteiger partial charge in [-0.15, -0.1) is 0 Å². The van der Waals surface area contributed by atoms with Crippen molar-refractivity contribution in [3.8, 4) is 0 Å². The number of hydrogen-bond acceptors (Lipinski definition) is 3. The van der Waals surface area contributed by atoms with E-state index in [0.717, 1.165) is 4.90 Å². The third-order valence-electron chi connectivity index (χ3n) is 2.49. The Kier molecular flexibility index (Phi) is 2.87. The smallest absolute Gasteiger partial charge is 0.324 e. The first kappa shape index (κ1) is 12.0. The number of nitrogens with zero attached hydrogens (tertiary/aromatic N) is 1. The molecule has 1 aliphatic rings. The summed E-state index contributed by atoms with van der Waals surface area (Å²) in [6.07, 6.45) is -0.515. The fraction of sp³-hybridized carbons (Fsp3) is 0.200. The molecule has 2 amide bonds. The normalized spacial score (nSPS) is 15.3. The van der Waals surface area contributed by atoms with Gasteiger partial charge >= 0.3 is 7.60 Å². The predicted molar refractivity (Wildman–Crippen MR) is 58.7 cm³/mol. The summed E-state index contributed by atoms with van der Waals surface area (Å²) in [7, 11) is -4.21. The fourth-order valence-electron chi connectivity index (χ4n) is 1.67. The minimum atomic E-state index is -4.21. The molecule has 7 heteroatoms. The van der Waals surface area contributed by atoms with Crippen LogP contribution in [0.1, 0.15) is 20.7 Å². The van der Waals surface area contributed by atoms with Crippen LogP contribution >= 0.6 is 7.60 Å². The Hall–Kier alpha value is -1.49. The zero-order valence-electron chi connectivity index (χ0n) is 8.74. The van der Waals surface area contributed by atoms with Gasteiger partial charge in [-0.2, -0.15) is 0 Å². The van der Waals surface area contributed by atoms with Crippen molar-refractivity contribution < 1.29 is 23.9 Å². The first-order chi connectivity index (χ1) is 7.90. The quantitative estimate of drug-likeness (QED) is 0.604. The molecule has 0 saturated carbocycles. The molecular formula is C10H10NO5P. The van der Waals surface area contributed by atoms with Crippen LogP contribution in [0.2, 0.25) is 0 Å². The second-order valence-electron chi connectivity index (χ2n) is 3.70. The molecule has 0 aromatic heterocycles. The molecular weight excluding hydrogens is 245 g/mol. The Morgan fingerprint density at radius 2 is 1.53 bits per heavy atom. The van der Waals surface area contributed by atoms with E-state index < -0.39 is 25.6 Å². The van der Waals surface area contributed by atoms with Crippen LogP contribution in [0.4, 0.5) is 0 Å². The number of fused-ring (bicyclic) bond motifs is 1. The molecule has 17 heavy (non-hydrogen) atoms. The van der Waals surface area contributed by atoms with Crippen LogP contribution in [0.3, 0.4) is 0 Å². The highest BCUT2D eigenvalue weighted by Crippen LogP contribution is 2.34. The molecule has 2 rings (SSSR count). The number of carbonyl (C=O) groups excluding carboxylic acids is 2. The standard InChI is InChI=1S/C10H10NO5P/c12-9-7-3-1-2-4-8(7)10(13)11(9)5-6-17(14,15)16/h1-4H,5-6H2,(H2,14,15,16). The van der Waals surface area contributed by atoms with E-state index in [9.17, 15) is 14.2 Å². The summed E-state index contributed by atoms with van der Waals surface area (Å²) < 4.78 is 10.7. The summed E-state index contributed by atoms with van der Waals surface area (Å²) >= 11 is 0. The van der Waals surface area contributed by atoms with E-state index >= 15 is 0 Å². The Morgan fingerprint density at radius 3 is 1.94 bits per heavy atom. The highest BCUT2D eigenvalue weighted by molar-refractivity contribution is 7.51. The van der Waals surface area contributed by atoms with Crippen LogP contribution in [0.25, 0.3) is 0 Å². The number of imide groups is 1. The SMILES string of the molecule is O=C1c2ccccc2C(=O)N1CCP(=O)(O)O. The molecule has 0 radical (unpaired) electrons. The first-order valence-electron chi connectivity index (χ1n) is 4.90. The van der Waals surface area contributed by atoms with Crippen LogP contribution in [-0.4, -0.2) is 39.2 Å². The summed E-state index contributed by atoms with van der Waals surface area (Å²) in [4.78, 5) is 41.9. The van der Waals surface area contributed by atoms with Crippen LogP contribution in [0, 0.1) is 0 Å². The zero-order chi connectivity index (χ0) is 12.6. The third-order valence-corrected chi connectivity index (χ3v) is 3.28. The van der Waals surface area contributed by atoms with Gasteiger partial charge in [-0.25, -0.2) is 0 Å². The number of hydrogen-bond donors (Lipinski definition) is 2. The largest absolute Gasteiger partial charge is 0.327 e. The topological polar surface area (TPSA) is 94.9 Å². The molecule has 0 saturated heterocycles. The van der Waals surface area contributed by atoms with Gasteiger partial charge in [0.25, 0.3) is 11.8 Å². The summed E-state index contributed by atoms with van der Waals surface area (Å²) in [6, 6.07) is 6.31. The minimum absolute atomic E-state index is 0.267. The molecule has 1 aliphatic heterocycles. The maximum atomic E-state index is 11.8. The van der Waals surface area contributed by atoms with Crippen LogP contribution in [0.5, 0.6) is 0 Å². The predicted octanol–water partition coefficient (Wildman–Crippen LogP) is 0.460. The molecule has 0 bridgehead atoms. The van der Waals surface area contributed by atoms with Crippen molar-refractivity contribution in [2.24, 2.45) is 0 Å². The van der Waals surface area contributed by atoms with Crippen molar-refractivity contribution in [1.82, 2.24) is 4.90 Å². The molecule has 2 N–H and O–H groups in total. The van der Waals surface area contributed by atoms with Gasteiger partial charge < -0.3 is 9.79 Å². The lowest BCUT2D eigenvalue weighted by atomic mass is 10.1. The minimum Gasteiger partial charge on any atom is -0.324 e. The molecule has 0 aliphatic carbocycles. The van der Waals surface area contributed by atoms with Crippen molar-refractivity contribution >= 4 is 19.4 Å². The van der Waals surface area contributed by atoms with Crippen LogP contribution in [-0.2, 0) is 4.57 Å². The molecule has 90 valence electrons. The van der Waals surface area contributed by atoms with Crippen molar-refractivity contribution in [1.29, 1.82) is 0 Å².